The molecule has 0 spiro atoms. The lowest BCUT2D eigenvalue weighted by Crippen LogP contribution is -2.25. The van der Waals surface area contributed by atoms with E-state index >= 15 is 0 Å². The average molecular weight is 710 g/mol. The van der Waals surface area contributed by atoms with Gasteiger partial charge in [-0.3, -0.25) is 0 Å². The molecule has 0 N–H and O–H groups in total. The molecule has 1 nitrogen and oxygen atoms in total. The van der Waals surface area contributed by atoms with Gasteiger partial charge in [-0.2, -0.15) is 0 Å². The smallest absolute Gasteiger partial charge is 0.00189 e. The Morgan fingerprint density at radius 1 is 0.460 bits per heavy atom. The number of rotatable bonds is 35. The maximum absolute atomic E-state index is 4.01. The Morgan fingerprint density at radius 3 is 1.32 bits per heavy atom. The van der Waals surface area contributed by atoms with E-state index < -0.39 is 0 Å². The highest BCUT2D eigenvalue weighted by Gasteiger charge is 2.11. The second kappa shape index (κ2) is 50.8. The van der Waals surface area contributed by atoms with Gasteiger partial charge in [0, 0.05) is 0 Å². The van der Waals surface area contributed by atoms with Crippen molar-refractivity contribution in [1.29, 1.82) is 0 Å². The van der Waals surface area contributed by atoms with Crippen molar-refractivity contribution >= 4 is 0 Å². The molecule has 0 aromatic rings. The van der Waals surface area contributed by atoms with Crippen LogP contribution in [0.15, 0.2) is 12.2 Å². The van der Waals surface area contributed by atoms with Crippen LogP contribution in [0, 0.1) is 17.8 Å². The molecule has 0 fully saturated rings. The largest absolute Gasteiger partial charge is 0.304 e. The summed E-state index contributed by atoms with van der Waals surface area (Å²) in [4.78, 5) is 2.69. The lowest BCUT2D eigenvalue weighted by molar-refractivity contribution is 0.273. The number of hydrogen-bond donors (Lipinski definition) is 0. The Kier molecular flexibility index (Phi) is 59.9. The highest BCUT2D eigenvalue weighted by molar-refractivity contribution is 4.87. The van der Waals surface area contributed by atoms with Gasteiger partial charge in [0.25, 0.3) is 0 Å². The summed E-state index contributed by atoms with van der Waals surface area (Å²) in [6.45, 7) is 30.4. The first-order chi connectivity index (χ1) is 23.4. The Balaban J connectivity index is -0.000000382. The SMILES string of the molecule is C.C.C=C(C)CCCCCCCN(CC)CCCCCCCC(CC)CCCC(CCCC)CCCC.CC.CCCCCC(C)CCCC. The van der Waals surface area contributed by atoms with Gasteiger partial charge < -0.3 is 4.90 Å². The Morgan fingerprint density at radius 2 is 0.840 bits per heavy atom. The van der Waals surface area contributed by atoms with Crippen molar-refractivity contribution in [3.05, 3.63) is 12.2 Å². The van der Waals surface area contributed by atoms with E-state index in [1.807, 2.05) is 13.8 Å². The molecule has 308 valence electrons. The molecule has 0 aliphatic rings. The van der Waals surface area contributed by atoms with E-state index in [0.717, 1.165) is 17.8 Å². The third kappa shape index (κ3) is 47.7. The van der Waals surface area contributed by atoms with E-state index in [-0.39, 0.29) is 14.9 Å². The van der Waals surface area contributed by atoms with Crippen molar-refractivity contribution in [3.63, 3.8) is 0 Å². The van der Waals surface area contributed by atoms with Crippen LogP contribution in [0.3, 0.4) is 0 Å². The number of nitrogens with zero attached hydrogens (tertiary/aromatic N) is 1. The summed E-state index contributed by atoms with van der Waals surface area (Å²) in [6, 6.07) is 0. The van der Waals surface area contributed by atoms with Gasteiger partial charge in [-0.05, 0) is 70.0 Å². The van der Waals surface area contributed by atoms with Gasteiger partial charge in [-0.1, -0.05) is 243 Å². The molecule has 0 aromatic heterocycles. The van der Waals surface area contributed by atoms with Gasteiger partial charge in [-0.15, -0.1) is 6.58 Å². The molecule has 2 unspecified atom stereocenters. The number of hydrogen-bond acceptors (Lipinski definition) is 1. The van der Waals surface area contributed by atoms with Gasteiger partial charge in [0.05, 0.1) is 0 Å². The zero-order valence-electron chi connectivity index (χ0n) is 36.0. The molecule has 0 saturated carbocycles. The third-order valence-corrected chi connectivity index (χ3v) is 10.7. The first kappa shape index (κ1) is 59.0. The summed E-state index contributed by atoms with van der Waals surface area (Å²) < 4.78 is 0. The minimum Gasteiger partial charge on any atom is -0.304 e. The summed E-state index contributed by atoms with van der Waals surface area (Å²) in [5.41, 5.74) is 1.34. The van der Waals surface area contributed by atoms with Crippen molar-refractivity contribution in [2.45, 2.75) is 270 Å². The summed E-state index contributed by atoms with van der Waals surface area (Å²) in [7, 11) is 0. The van der Waals surface area contributed by atoms with Crippen molar-refractivity contribution in [2.24, 2.45) is 17.8 Å². The van der Waals surface area contributed by atoms with Crippen LogP contribution in [0.4, 0.5) is 0 Å². The lowest BCUT2D eigenvalue weighted by Gasteiger charge is -2.20. The number of allylic oxidation sites excluding steroid dienone is 1. The van der Waals surface area contributed by atoms with Crippen LogP contribution < -0.4 is 0 Å². The van der Waals surface area contributed by atoms with E-state index in [1.165, 1.54) is 211 Å². The first-order valence-electron chi connectivity index (χ1n) is 22.7. The number of unbranched alkanes of at least 4 members (excludes halogenated alkanes) is 13. The Hall–Kier alpha value is -0.300. The quantitative estimate of drug-likeness (QED) is 0.0468. The first-order valence-corrected chi connectivity index (χ1v) is 22.7. The van der Waals surface area contributed by atoms with Crippen molar-refractivity contribution in [1.82, 2.24) is 4.90 Å². The second-order valence-corrected chi connectivity index (χ2v) is 15.6. The molecule has 0 aliphatic carbocycles. The highest BCUT2D eigenvalue weighted by Crippen LogP contribution is 2.26. The van der Waals surface area contributed by atoms with Crippen molar-refractivity contribution in [3.8, 4) is 0 Å². The monoisotopic (exact) mass is 710 g/mol. The van der Waals surface area contributed by atoms with Crippen molar-refractivity contribution < 1.29 is 0 Å². The second-order valence-electron chi connectivity index (χ2n) is 15.6. The molecule has 1 heteroatoms. The standard InChI is InChI=1S/C34H69N.C11H24.C2H6.2CH4/c1-7-11-25-34(26-12-8-2)29-23-28-33(9-3)27-20-16-14-18-22-31-35(10-4)30-21-17-13-15-19-24-32(5)6;1-4-6-8-10-11(3)9-7-5-2;1-2;;/h33-34H,5,7-31H2,1-4,6H3;11H,4-10H2,1-3H3;1-2H3;2*1H4. The van der Waals surface area contributed by atoms with Crippen LogP contribution in [-0.2, 0) is 0 Å². The van der Waals surface area contributed by atoms with E-state index in [9.17, 15) is 0 Å². The Labute approximate surface area is 323 Å². The fourth-order valence-electron chi connectivity index (χ4n) is 7.13. The van der Waals surface area contributed by atoms with Crippen LogP contribution >= 0.6 is 0 Å². The molecule has 0 saturated heterocycles. The minimum absolute atomic E-state index is 0. The fraction of sp³-hybridized carbons (Fsp3) is 0.959. The lowest BCUT2D eigenvalue weighted by atomic mass is 9.87. The van der Waals surface area contributed by atoms with E-state index in [1.54, 1.807) is 0 Å². The maximum Gasteiger partial charge on any atom is -0.00189 e. The maximum atomic E-state index is 4.01. The van der Waals surface area contributed by atoms with Crippen LogP contribution in [0.5, 0.6) is 0 Å². The molecular formula is C49H107N. The van der Waals surface area contributed by atoms with Gasteiger partial charge >= 0.3 is 0 Å². The zero-order chi connectivity index (χ0) is 36.5. The zero-order valence-corrected chi connectivity index (χ0v) is 36.0. The molecule has 0 heterocycles. The van der Waals surface area contributed by atoms with Crippen LogP contribution in [0.25, 0.3) is 0 Å². The Bertz CT molecular complexity index is 559. The molecule has 2 atom stereocenters. The molecular weight excluding hydrogens is 603 g/mol. The highest BCUT2D eigenvalue weighted by atomic mass is 15.1. The molecule has 0 aromatic carbocycles. The topological polar surface area (TPSA) is 3.24 Å². The van der Waals surface area contributed by atoms with Crippen LogP contribution in [-0.4, -0.2) is 24.5 Å². The van der Waals surface area contributed by atoms with Gasteiger partial charge in [0.1, 0.15) is 0 Å². The van der Waals surface area contributed by atoms with Gasteiger partial charge in [-0.25, -0.2) is 0 Å². The minimum atomic E-state index is 0. The summed E-state index contributed by atoms with van der Waals surface area (Å²) in [5, 5.41) is 0. The average Bonchev–Trinajstić information content (AvgIpc) is 3.10. The summed E-state index contributed by atoms with van der Waals surface area (Å²) in [6.07, 6.45) is 41.2. The van der Waals surface area contributed by atoms with Gasteiger partial charge in [0.15, 0.2) is 0 Å². The van der Waals surface area contributed by atoms with E-state index in [0.29, 0.717) is 0 Å². The molecule has 0 rings (SSSR count). The predicted octanol–water partition coefficient (Wildman–Crippen LogP) is 18.5. The fourth-order valence-corrected chi connectivity index (χ4v) is 7.13. The normalized spacial score (nSPS) is 11.9. The molecule has 0 radical (unpaired) electrons. The van der Waals surface area contributed by atoms with E-state index in [2.05, 4.69) is 66.9 Å². The van der Waals surface area contributed by atoms with Crippen LogP contribution in [0.1, 0.15) is 270 Å². The molecule has 0 bridgehead atoms. The van der Waals surface area contributed by atoms with Crippen molar-refractivity contribution in [2.75, 3.05) is 19.6 Å². The van der Waals surface area contributed by atoms with Crippen LogP contribution in [0.2, 0.25) is 0 Å². The summed E-state index contributed by atoms with van der Waals surface area (Å²) >= 11 is 0. The van der Waals surface area contributed by atoms with E-state index in [4.69, 9.17) is 0 Å². The van der Waals surface area contributed by atoms with Gasteiger partial charge in [0.2, 0.25) is 0 Å². The predicted molar refractivity (Wildman–Crippen MR) is 240 cm³/mol. The molecule has 0 amide bonds. The summed E-state index contributed by atoms with van der Waals surface area (Å²) in [5.74, 6) is 2.98. The third-order valence-electron chi connectivity index (χ3n) is 10.7. The molecule has 0 aliphatic heterocycles. The molecule has 50 heavy (non-hydrogen) atoms.